The van der Waals surface area contributed by atoms with Gasteiger partial charge >= 0.3 is 0 Å². The fraction of sp³-hybridized carbons (Fsp3) is 0. The molecule has 0 spiro atoms. The average molecular weight is 248 g/mol. The Morgan fingerprint density at radius 3 is 2.21 bits per heavy atom. The topological polar surface area (TPSA) is 0 Å². The van der Waals surface area contributed by atoms with E-state index in [9.17, 15) is 4.39 Å². The molecule has 0 heterocycles. The predicted octanol–water partition coefficient (Wildman–Crippen LogP) is 4.60. The van der Waals surface area contributed by atoms with Crippen LogP contribution >= 0.6 is 0 Å². The molecule has 0 saturated heterocycles. The number of hydrogen-bond donors (Lipinski definition) is 0. The highest BCUT2D eigenvalue weighted by Crippen LogP contribution is 2.03. The van der Waals surface area contributed by atoms with Crippen LogP contribution in [-0.2, 0) is 0 Å². The van der Waals surface area contributed by atoms with Gasteiger partial charge in [-0.05, 0) is 29.7 Å². The van der Waals surface area contributed by atoms with Crippen molar-refractivity contribution in [1.29, 1.82) is 0 Å². The van der Waals surface area contributed by atoms with E-state index < -0.39 is 5.83 Å². The summed E-state index contributed by atoms with van der Waals surface area (Å²) in [5, 5.41) is 0. The lowest BCUT2D eigenvalue weighted by atomic mass is 10.2. The molecule has 2 aromatic rings. The highest BCUT2D eigenvalue weighted by atomic mass is 19.1. The Hall–Kier alpha value is -2.59. The molecule has 2 aromatic carbocycles. The molecule has 0 aliphatic carbocycles. The predicted molar refractivity (Wildman–Crippen MR) is 78.0 cm³/mol. The second-order valence-electron chi connectivity index (χ2n) is 3.90. The first kappa shape index (κ1) is 12.9. The van der Waals surface area contributed by atoms with E-state index in [1.165, 1.54) is 6.08 Å². The molecule has 2 rings (SSSR count). The molecular weight excluding hydrogens is 235 g/mol. The second kappa shape index (κ2) is 6.98. The van der Waals surface area contributed by atoms with Crippen molar-refractivity contribution in [1.82, 2.24) is 0 Å². The Labute approximate surface area is 112 Å². The standard InChI is InChI=1S/C18H13F/c19-18(15-14-17-10-5-2-6-11-17)13-7-12-16-8-3-1-4-9-16/h1-13H/b12-7+,18-13+. The Morgan fingerprint density at radius 1 is 0.895 bits per heavy atom. The van der Waals surface area contributed by atoms with Crippen LogP contribution in [0, 0.1) is 11.8 Å². The molecular formula is C18H13F. The Kier molecular flexibility index (Phi) is 4.72. The maximum Gasteiger partial charge on any atom is 0.173 e. The van der Waals surface area contributed by atoms with Crippen LogP contribution in [0.15, 0.2) is 78.6 Å². The van der Waals surface area contributed by atoms with Crippen LogP contribution in [0.1, 0.15) is 11.1 Å². The zero-order chi connectivity index (χ0) is 13.3. The number of benzene rings is 2. The van der Waals surface area contributed by atoms with Gasteiger partial charge in [0, 0.05) is 5.56 Å². The van der Waals surface area contributed by atoms with E-state index in [1.807, 2.05) is 66.7 Å². The molecule has 92 valence electrons. The summed E-state index contributed by atoms with van der Waals surface area (Å²) < 4.78 is 13.4. The number of hydrogen-bond acceptors (Lipinski definition) is 0. The Balaban J connectivity index is 2.01. The fourth-order valence-corrected chi connectivity index (χ4v) is 1.50. The van der Waals surface area contributed by atoms with E-state index >= 15 is 0 Å². The van der Waals surface area contributed by atoms with E-state index in [-0.39, 0.29) is 0 Å². The molecule has 0 unspecified atom stereocenters. The van der Waals surface area contributed by atoms with Crippen LogP contribution in [0.4, 0.5) is 4.39 Å². The van der Waals surface area contributed by atoms with Gasteiger partial charge in [-0.15, -0.1) is 0 Å². The molecule has 0 amide bonds. The van der Waals surface area contributed by atoms with E-state index in [0.717, 1.165) is 11.1 Å². The van der Waals surface area contributed by atoms with Crippen molar-refractivity contribution in [2.45, 2.75) is 0 Å². The van der Waals surface area contributed by atoms with Crippen molar-refractivity contribution in [2.75, 3.05) is 0 Å². The molecule has 0 bridgehead atoms. The van der Waals surface area contributed by atoms with Gasteiger partial charge in [0.25, 0.3) is 0 Å². The van der Waals surface area contributed by atoms with Gasteiger partial charge in [0.2, 0.25) is 0 Å². The lowest BCUT2D eigenvalue weighted by Crippen LogP contribution is -1.72. The van der Waals surface area contributed by atoms with Gasteiger partial charge in [0.05, 0.1) is 0 Å². The first-order chi connectivity index (χ1) is 9.34. The lowest BCUT2D eigenvalue weighted by Gasteiger charge is -1.88. The molecule has 1 heteroatoms. The van der Waals surface area contributed by atoms with Crippen LogP contribution in [-0.4, -0.2) is 0 Å². The smallest absolute Gasteiger partial charge is 0.173 e. The highest BCUT2D eigenvalue weighted by molar-refractivity contribution is 5.51. The summed E-state index contributed by atoms with van der Waals surface area (Å²) in [6, 6.07) is 19.1. The quantitative estimate of drug-likeness (QED) is 0.538. The van der Waals surface area contributed by atoms with Gasteiger partial charge in [-0.1, -0.05) is 66.6 Å². The van der Waals surface area contributed by atoms with Gasteiger partial charge < -0.3 is 0 Å². The van der Waals surface area contributed by atoms with Crippen LogP contribution < -0.4 is 0 Å². The summed E-state index contributed by atoms with van der Waals surface area (Å²) >= 11 is 0. The van der Waals surface area contributed by atoms with Crippen LogP contribution in [0.2, 0.25) is 0 Å². The maximum atomic E-state index is 13.4. The molecule has 19 heavy (non-hydrogen) atoms. The summed E-state index contributed by atoms with van der Waals surface area (Å²) in [6.45, 7) is 0. The molecule has 0 fully saturated rings. The normalized spacial score (nSPS) is 11.1. The third-order valence-corrected chi connectivity index (χ3v) is 2.43. The van der Waals surface area contributed by atoms with E-state index in [2.05, 4.69) is 11.8 Å². The maximum absolute atomic E-state index is 13.4. The van der Waals surface area contributed by atoms with Crippen LogP contribution in [0.3, 0.4) is 0 Å². The van der Waals surface area contributed by atoms with Crippen molar-refractivity contribution in [3.8, 4) is 11.8 Å². The molecule has 0 N–H and O–H groups in total. The monoisotopic (exact) mass is 248 g/mol. The van der Waals surface area contributed by atoms with Gasteiger partial charge in [-0.3, -0.25) is 0 Å². The minimum absolute atomic E-state index is 0.448. The van der Waals surface area contributed by atoms with Crippen molar-refractivity contribution < 1.29 is 4.39 Å². The van der Waals surface area contributed by atoms with Crippen LogP contribution in [0.25, 0.3) is 6.08 Å². The summed E-state index contributed by atoms with van der Waals surface area (Å²) in [5.74, 6) is 4.80. The summed E-state index contributed by atoms with van der Waals surface area (Å²) in [5.41, 5.74) is 1.83. The van der Waals surface area contributed by atoms with Crippen molar-refractivity contribution in [3.63, 3.8) is 0 Å². The van der Waals surface area contributed by atoms with Gasteiger partial charge in [-0.25, -0.2) is 0 Å². The lowest BCUT2D eigenvalue weighted by molar-refractivity contribution is 0.676. The molecule has 0 radical (unpaired) electrons. The summed E-state index contributed by atoms with van der Waals surface area (Å²) in [7, 11) is 0. The first-order valence-electron chi connectivity index (χ1n) is 6.00. The second-order valence-corrected chi connectivity index (χ2v) is 3.90. The molecule has 0 aliphatic rings. The molecule has 0 aliphatic heterocycles. The summed E-state index contributed by atoms with van der Waals surface area (Å²) in [6.07, 6.45) is 4.86. The van der Waals surface area contributed by atoms with Crippen molar-refractivity contribution >= 4 is 6.08 Å². The number of allylic oxidation sites excluding steroid dienone is 3. The molecule has 0 atom stereocenters. The Bertz CT molecular complexity index is 626. The third kappa shape index (κ3) is 4.65. The third-order valence-electron chi connectivity index (χ3n) is 2.43. The summed E-state index contributed by atoms with van der Waals surface area (Å²) in [4.78, 5) is 0. The van der Waals surface area contributed by atoms with Crippen molar-refractivity contribution in [3.05, 3.63) is 89.8 Å². The van der Waals surface area contributed by atoms with Gasteiger partial charge in [0.15, 0.2) is 5.83 Å². The largest absolute Gasteiger partial charge is 0.197 e. The SMILES string of the molecule is F/C(C#Cc1ccccc1)=C/C=C/c1ccccc1. The molecule has 0 nitrogen and oxygen atoms in total. The zero-order valence-corrected chi connectivity index (χ0v) is 10.4. The van der Waals surface area contributed by atoms with E-state index in [4.69, 9.17) is 0 Å². The zero-order valence-electron chi connectivity index (χ0n) is 10.4. The molecule has 0 saturated carbocycles. The van der Waals surface area contributed by atoms with Crippen LogP contribution in [0.5, 0.6) is 0 Å². The van der Waals surface area contributed by atoms with E-state index in [1.54, 1.807) is 6.08 Å². The minimum Gasteiger partial charge on any atom is -0.197 e. The van der Waals surface area contributed by atoms with E-state index in [0.29, 0.717) is 0 Å². The Morgan fingerprint density at radius 2 is 1.53 bits per heavy atom. The van der Waals surface area contributed by atoms with Crippen molar-refractivity contribution in [2.24, 2.45) is 0 Å². The average Bonchev–Trinajstić information content (AvgIpc) is 2.47. The number of rotatable bonds is 2. The van der Waals surface area contributed by atoms with Gasteiger partial charge in [0.1, 0.15) is 0 Å². The number of halogens is 1. The highest BCUT2D eigenvalue weighted by Gasteiger charge is 1.86. The minimum atomic E-state index is -0.448. The fourth-order valence-electron chi connectivity index (χ4n) is 1.50. The van der Waals surface area contributed by atoms with Gasteiger partial charge in [-0.2, -0.15) is 4.39 Å². The molecule has 0 aromatic heterocycles. The first-order valence-corrected chi connectivity index (χ1v) is 6.00.